The first-order valence-electron chi connectivity index (χ1n) is 8.67. The van der Waals surface area contributed by atoms with Gasteiger partial charge in [0.05, 0.1) is 14.2 Å². The fraction of sp³-hybridized carbons (Fsp3) is 0.273. The summed E-state index contributed by atoms with van der Waals surface area (Å²) in [5.41, 5.74) is 3.12. The Balaban J connectivity index is 1.89. The van der Waals surface area contributed by atoms with E-state index in [0.29, 0.717) is 17.1 Å². The summed E-state index contributed by atoms with van der Waals surface area (Å²) in [6.45, 7) is 6.48. The Hall–Kier alpha value is -3.08. The number of methoxy groups -OCH3 is 2. The summed E-state index contributed by atoms with van der Waals surface area (Å²) >= 11 is 0. The lowest BCUT2D eigenvalue weighted by atomic mass is 9.87. The number of hydrogen-bond acceptors (Lipinski definition) is 5. The molecule has 1 heterocycles. The van der Waals surface area contributed by atoms with Crippen molar-refractivity contribution in [1.29, 1.82) is 0 Å². The summed E-state index contributed by atoms with van der Waals surface area (Å²) in [5.74, 6) is 0.919. The molecule has 0 aliphatic carbocycles. The van der Waals surface area contributed by atoms with Crippen molar-refractivity contribution in [2.75, 3.05) is 14.2 Å². The van der Waals surface area contributed by atoms with Crippen LogP contribution in [0.5, 0.6) is 11.5 Å². The largest absolute Gasteiger partial charge is 0.493 e. The average molecular weight is 365 g/mol. The van der Waals surface area contributed by atoms with E-state index in [-0.39, 0.29) is 17.0 Å². The minimum absolute atomic E-state index is 0.0801. The zero-order valence-corrected chi connectivity index (χ0v) is 16.2. The van der Waals surface area contributed by atoms with Crippen LogP contribution in [0.25, 0.3) is 6.08 Å². The van der Waals surface area contributed by atoms with Crippen molar-refractivity contribution >= 4 is 17.9 Å². The normalized spacial score (nSPS) is 15.5. The Labute approximate surface area is 159 Å². The van der Waals surface area contributed by atoms with Gasteiger partial charge >= 0.3 is 5.97 Å². The minimum atomic E-state index is -0.473. The van der Waals surface area contributed by atoms with Crippen LogP contribution in [0.2, 0.25) is 0 Å². The summed E-state index contributed by atoms with van der Waals surface area (Å²) in [6.07, 6.45) is 1.72. The molecular weight excluding hydrogens is 342 g/mol. The molecule has 1 aliphatic heterocycles. The smallest absolute Gasteiger partial charge is 0.363 e. The monoisotopic (exact) mass is 365 g/mol. The lowest BCUT2D eigenvalue weighted by molar-refractivity contribution is -0.129. The van der Waals surface area contributed by atoms with Crippen molar-refractivity contribution in [1.82, 2.24) is 0 Å². The van der Waals surface area contributed by atoms with Gasteiger partial charge in [-0.15, -0.1) is 0 Å². The van der Waals surface area contributed by atoms with Crippen molar-refractivity contribution in [2.24, 2.45) is 4.99 Å². The third kappa shape index (κ3) is 4.03. The zero-order chi connectivity index (χ0) is 19.6. The van der Waals surface area contributed by atoms with E-state index >= 15 is 0 Å². The van der Waals surface area contributed by atoms with Gasteiger partial charge in [0.2, 0.25) is 5.90 Å². The molecule has 0 fully saturated rings. The average Bonchev–Trinajstić information content (AvgIpc) is 3.01. The number of nitrogens with zero attached hydrogens (tertiary/aromatic N) is 1. The zero-order valence-electron chi connectivity index (χ0n) is 16.2. The van der Waals surface area contributed by atoms with E-state index in [1.54, 1.807) is 38.5 Å². The number of hydrogen-bond donors (Lipinski definition) is 0. The van der Waals surface area contributed by atoms with Gasteiger partial charge in [0.25, 0.3) is 0 Å². The molecule has 2 aromatic carbocycles. The molecular formula is C22H23NO4. The number of carbonyl (C=O) groups is 1. The van der Waals surface area contributed by atoms with Gasteiger partial charge in [-0.1, -0.05) is 45.0 Å². The van der Waals surface area contributed by atoms with Gasteiger partial charge in [-0.25, -0.2) is 9.79 Å². The first kappa shape index (κ1) is 18.7. The number of benzene rings is 2. The third-order valence-corrected chi connectivity index (χ3v) is 4.33. The number of rotatable bonds is 4. The summed E-state index contributed by atoms with van der Waals surface area (Å²) < 4.78 is 15.8. The number of cyclic esters (lactones) is 1. The molecule has 27 heavy (non-hydrogen) atoms. The first-order chi connectivity index (χ1) is 12.8. The molecule has 0 saturated carbocycles. The fourth-order valence-electron chi connectivity index (χ4n) is 2.74. The van der Waals surface area contributed by atoms with Crippen LogP contribution in [0.4, 0.5) is 0 Å². The Morgan fingerprint density at radius 2 is 1.63 bits per heavy atom. The predicted octanol–water partition coefficient (Wildman–Crippen LogP) is 4.35. The molecule has 5 heteroatoms. The van der Waals surface area contributed by atoms with E-state index in [9.17, 15) is 4.79 Å². The second-order valence-electron chi connectivity index (χ2n) is 7.28. The molecule has 1 aliphatic rings. The Bertz CT molecular complexity index is 918. The molecule has 2 aromatic rings. The summed E-state index contributed by atoms with van der Waals surface area (Å²) in [6, 6.07) is 13.3. The second kappa shape index (κ2) is 7.27. The molecule has 0 aromatic heterocycles. The lowest BCUT2D eigenvalue weighted by Gasteiger charge is -2.18. The molecule has 5 nitrogen and oxygen atoms in total. The number of esters is 1. The van der Waals surface area contributed by atoms with Crippen LogP contribution >= 0.6 is 0 Å². The summed E-state index contributed by atoms with van der Waals surface area (Å²) in [4.78, 5) is 16.6. The van der Waals surface area contributed by atoms with Gasteiger partial charge in [-0.05, 0) is 40.8 Å². The molecule has 0 bridgehead atoms. The molecule has 3 rings (SSSR count). The number of carbonyl (C=O) groups excluding carboxylic acids is 1. The van der Waals surface area contributed by atoms with Crippen molar-refractivity contribution in [3.05, 3.63) is 64.9 Å². The fourth-order valence-corrected chi connectivity index (χ4v) is 2.74. The molecule has 0 amide bonds. The topological polar surface area (TPSA) is 57.1 Å². The maximum Gasteiger partial charge on any atom is 0.363 e. The third-order valence-electron chi connectivity index (χ3n) is 4.33. The molecule has 0 spiro atoms. The molecule has 0 atom stereocenters. The maximum absolute atomic E-state index is 12.2. The van der Waals surface area contributed by atoms with Crippen LogP contribution in [-0.2, 0) is 14.9 Å². The highest BCUT2D eigenvalue weighted by molar-refractivity contribution is 6.13. The van der Waals surface area contributed by atoms with Gasteiger partial charge in [-0.3, -0.25) is 0 Å². The van der Waals surface area contributed by atoms with Crippen LogP contribution < -0.4 is 9.47 Å². The SMILES string of the molecule is COc1ccc(C2=N/C(=C\c3ccc(C(C)(C)C)cc3)C(=O)O2)cc1OC. The highest BCUT2D eigenvalue weighted by Crippen LogP contribution is 2.29. The van der Waals surface area contributed by atoms with Crippen LogP contribution in [0.3, 0.4) is 0 Å². The molecule has 0 radical (unpaired) electrons. The van der Waals surface area contributed by atoms with Crippen LogP contribution in [0, 0.1) is 0 Å². The van der Waals surface area contributed by atoms with Crippen molar-refractivity contribution in [3.8, 4) is 11.5 Å². The lowest BCUT2D eigenvalue weighted by Crippen LogP contribution is -2.10. The van der Waals surface area contributed by atoms with E-state index in [1.807, 2.05) is 12.1 Å². The van der Waals surface area contributed by atoms with E-state index < -0.39 is 5.97 Å². The van der Waals surface area contributed by atoms with Crippen molar-refractivity contribution < 1.29 is 19.0 Å². The molecule has 0 N–H and O–H groups in total. The Morgan fingerprint density at radius 3 is 2.22 bits per heavy atom. The van der Waals surface area contributed by atoms with Gasteiger partial charge in [-0.2, -0.15) is 0 Å². The van der Waals surface area contributed by atoms with Crippen LogP contribution in [0.1, 0.15) is 37.5 Å². The van der Waals surface area contributed by atoms with Crippen LogP contribution in [0.15, 0.2) is 53.2 Å². The molecule has 0 unspecified atom stereocenters. The minimum Gasteiger partial charge on any atom is -0.493 e. The maximum atomic E-state index is 12.2. The van der Waals surface area contributed by atoms with Crippen LogP contribution in [-0.4, -0.2) is 26.1 Å². The second-order valence-corrected chi connectivity index (χ2v) is 7.28. The van der Waals surface area contributed by atoms with E-state index in [2.05, 4.69) is 37.9 Å². The van der Waals surface area contributed by atoms with Gasteiger partial charge in [0.15, 0.2) is 17.2 Å². The molecule has 0 saturated heterocycles. The standard InChI is InChI=1S/C22H23NO4/c1-22(2,3)16-9-6-14(7-10-16)12-17-21(24)27-20(23-17)15-8-11-18(25-4)19(13-15)26-5/h6-13H,1-5H3/b17-12-. The van der Waals surface area contributed by atoms with E-state index in [1.165, 1.54) is 5.56 Å². The predicted molar refractivity (Wildman–Crippen MR) is 105 cm³/mol. The molecule has 140 valence electrons. The number of ether oxygens (including phenoxy) is 3. The van der Waals surface area contributed by atoms with Crippen molar-refractivity contribution in [3.63, 3.8) is 0 Å². The van der Waals surface area contributed by atoms with E-state index in [4.69, 9.17) is 14.2 Å². The Morgan fingerprint density at radius 1 is 0.963 bits per heavy atom. The Kier molecular flexibility index (Phi) is 5.04. The highest BCUT2D eigenvalue weighted by Gasteiger charge is 2.25. The van der Waals surface area contributed by atoms with E-state index in [0.717, 1.165) is 5.56 Å². The summed E-state index contributed by atoms with van der Waals surface area (Å²) in [7, 11) is 3.12. The highest BCUT2D eigenvalue weighted by atomic mass is 16.6. The summed E-state index contributed by atoms with van der Waals surface area (Å²) in [5, 5.41) is 0. The van der Waals surface area contributed by atoms with Gasteiger partial charge in [0.1, 0.15) is 0 Å². The quantitative estimate of drug-likeness (QED) is 0.597. The number of aliphatic imine (C=N–C) groups is 1. The first-order valence-corrected chi connectivity index (χ1v) is 8.67. The van der Waals surface area contributed by atoms with Crippen molar-refractivity contribution in [2.45, 2.75) is 26.2 Å². The van der Waals surface area contributed by atoms with Gasteiger partial charge in [0, 0.05) is 5.56 Å². The van der Waals surface area contributed by atoms with Gasteiger partial charge < -0.3 is 14.2 Å².